The highest BCUT2D eigenvalue weighted by molar-refractivity contribution is 7.99. The van der Waals surface area contributed by atoms with Gasteiger partial charge in [-0.2, -0.15) is 0 Å². The molecule has 0 radical (unpaired) electrons. The molecule has 0 atom stereocenters. The zero-order chi connectivity index (χ0) is 18.5. The maximum Gasteiger partial charge on any atom is 0.234 e. The van der Waals surface area contributed by atoms with E-state index in [0.29, 0.717) is 11.0 Å². The molecule has 0 aliphatic rings. The topological polar surface area (TPSA) is 70.7 Å². The lowest BCUT2D eigenvalue weighted by molar-refractivity contribution is -0.113. The number of carbonyl (C=O) groups is 1. The summed E-state index contributed by atoms with van der Waals surface area (Å²) >= 11 is 1.32. The number of nitrogens with one attached hydrogen (secondary N) is 2. The van der Waals surface area contributed by atoms with Gasteiger partial charge in [0.15, 0.2) is 5.82 Å². The molecule has 3 aromatic rings. The van der Waals surface area contributed by atoms with Crippen LogP contribution in [-0.2, 0) is 11.2 Å². The molecule has 1 aromatic heterocycles. The molecule has 26 heavy (non-hydrogen) atoms. The molecule has 134 valence electrons. The fourth-order valence-corrected chi connectivity index (χ4v) is 3.26. The van der Waals surface area contributed by atoms with Crippen LogP contribution < -0.4 is 5.32 Å². The highest BCUT2D eigenvalue weighted by Gasteiger charge is 2.11. The number of aryl methyl sites for hydroxylation is 3. The van der Waals surface area contributed by atoms with Crippen molar-refractivity contribution in [2.24, 2.45) is 0 Å². The first-order valence-electron chi connectivity index (χ1n) is 8.57. The lowest BCUT2D eigenvalue weighted by Gasteiger charge is -2.12. The van der Waals surface area contributed by atoms with Crippen LogP contribution in [0.15, 0.2) is 47.6 Å². The van der Waals surface area contributed by atoms with E-state index < -0.39 is 0 Å². The lowest BCUT2D eigenvalue weighted by Crippen LogP contribution is -2.16. The molecule has 3 rings (SSSR count). The fourth-order valence-electron chi connectivity index (χ4n) is 2.66. The summed E-state index contributed by atoms with van der Waals surface area (Å²) in [6.45, 7) is 6.13. The quantitative estimate of drug-likeness (QED) is 0.635. The number of aromatic nitrogens is 3. The summed E-state index contributed by atoms with van der Waals surface area (Å²) in [7, 11) is 0. The first kappa shape index (κ1) is 18.2. The van der Waals surface area contributed by atoms with Gasteiger partial charge in [0, 0.05) is 11.3 Å². The summed E-state index contributed by atoms with van der Waals surface area (Å²) < 4.78 is 0. The van der Waals surface area contributed by atoms with Gasteiger partial charge in [0.25, 0.3) is 0 Å². The second kappa shape index (κ2) is 8.19. The van der Waals surface area contributed by atoms with Crippen LogP contribution >= 0.6 is 11.8 Å². The van der Waals surface area contributed by atoms with Crippen molar-refractivity contribution in [2.45, 2.75) is 32.3 Å². The maximum absolute atomic E-state index is 12.3. The number of hydrogen-bond donors (Lipinski definition) is 2. The van der Waals surface area contributed by atoms with Crippen LogP contribution in [0, 0.1) is 13.8 Å². The Bertz CT molecular complexity index is 902. The van der Waals surface area contributed by atoms with E-state index in [9.17, 15) is 4.79 Å². The molecule has 1 heterocycles. The Morgan fingerprint density at radius 2 is 1.92 bits per heavy atom. The van der Waals surface area contributed by atoms with Crippen LogP contribution in [-0.4, -0.2) is 26.8 Å². The van der Waals surface area contributed by atoms with Crippen molar-refractivity contribution in [2.75, 3.05) is 11.1 Å². The van der Waals surface area contributed by atoms with Crippen molar-refractivity contribution in [3.8, 4) is 11.4 Å². The van der Waals surface area contributed by atoms with Gasteiger partial charge in [-0.05, 0) is 31.4 Å². The van der Waals surface area contributed by atoms with Crippen LogP contribution in [0.2, 0.25) is 0 Å². The highest BCUT2D eigenvalue weighted by Crippen LogP contribution is 2.23. The summed E-state index contributed by atoms with van der Waals surface area (Å²) in [5.41, 5.74) is 5.30. The van der Waals surface area contributed by atoms with E-state index in [0.717, 1.165) is 28.8 Å². The smallest absolute Gasteiger partial charge is 0.234 e. The summed E-state index contributed by atoms with van der Waals surface area (Å²) in [6, 6.07) is 14.1. The van der Waals surface area contributed by atoms with Crippen molar-refractivity contribution in [3.63, 3.8) is 0 Å². The Labute approximate surface area is 157 Å². The first-order valence-corrected chi connectivity index (χ1v) is 9.56. The van der Waals surface area contributed by atoms with Crippen LogP contribution in [0.25, 0.3) is 11.4 Å². The Morgan fingerprint density at radius 3 is 2.65 bits per heavy atom. The van der Waals surface area contributed by atoms with E-state index in [4.69, 9.17) is 0 Å². The van der Waals surface area contributed by atoms with Crippen LogP contribution in [0.1, 0.15) is 23.6 Å². The first-order chi connectivity index (χ1) is 12.6. The Kier molecular flexibility index (Phi) is 5.73. The molecule has 0 spiro atoms. The second-order valence-corrected chi connectivity index (χ2v) is 7.07. The molecular weight excluding hydrogens is 344 g/mol. The number of benzene rings is 2. The molecule has 0 bridgehead atoms. The summed E-state index contributed by atoms with van der Waals surface area (Å²) in [5.74, 6) is 0.920. The molecule has 0 fully saturated rings. The zero-order valence-electron chi connectivity index (χ0n) is 15.2. The zero-order valence-corrected chi connectivity index (χ0v) is 16.0. The number of carbonyl (C=O) groups excluding carboxylic acids is 1. The third kappa shape index (κ3) is 4.32. The molecule has 2 aromatic carbocycles. The van der Waals surface area contributed by atoms with Gasteiger partial charge in [0.2, 0.25) is 11.1 Å². The predicted molar refractivity (Wildman–Crippen MR) is 106 cm³/mol. The largest absolute Gasteiger partial charge is 0.325 e. The van der Waals surface area contributed by atoms with Gasteiger partial charge in [-0.3, -0.25) is 9.89 Å². The molecular formula is C20H22N4OS. The number of hydrogen-bond acceptors (Lipinski definition) is 4. The number of anilines is 1. The highest BCUT2D eigenvalue weighted by atomic mass is 32.2. The minimum atomic E-state index is -0.0549. The van der Waals surface area contributed by atoms with E-state index in [1.54, 1.807) is 0 Å². The van der Waals surface area contributed by atoms with Crippen molar-refractivity contribution >= 4 is 23.4 Å². The van der Waals surface area contributed by atoms with Crippen molar-refractivity contribution < 1.29 is 4.79 Å². The Hall–Kier alpha value is -2.60. The fraction of sp³-hybridized carbons (Fsp3) is 0.250. The standard InChI is InChI=1S/C20H22N4OS/c1-4-15-7-5-6-14(3)18(15)21-17(25)12-26-20-22-19(23-24-20)16-10-8-13(2)9-11-16/h5-11H,4,12H2,1-3H3,(H,21,25)(H,22,23,24). The minimum absolute atomic E-state index is 0.0549. The Morgan fingerprint density at radius 1 is 1.15 bits per heavy atom. The van der Waals surface area contributed by atoms with Crippen LogP contribution in [0.3, 0.4) is 0 Å². The molecule has 0 unspecified atom stereocenters. The molecule has 0 aliphatic carbocycles. The van der Waals surface area contributed by atoms with Gasteiger partial charge < -0.3 is 5.32 Å². The van der Waals surface area contributed by atoms with Gasteiger partial charge in [0.05, 0.1) is 5.75 Å². The van der Waals surface area contributed by atoms with Gasteiger partial charge in [-0.25, -0.2) is 4.98 Å². The average Bonchev–Trinajstić information content (AvgIpc) is 3.11. The van der Waals surface area contributed by atoms with Gasteiger partial charge in [0.1, 0.15) is 0 Å². The van der Waals surface area contributed by atoms with E-state index in [-0.39, 0.29) is 11.7 Å². The molecule has 1 amide bonds. The number of rotatable bonds is 6. The number of para-hydroxylation sites is 1. The van der Waals surface area contributed by atoms with Crippen LogP contribution in [0.4, 0.5) is 5.69 Å². The molecule has 0 saturated carbocycles. The van der Waals surface area contributed by atoms with Crippen LogP contribution in [0.5, 0.6) is 0 Å². The third-order valence-corrected chi connectivity index (χ3v) is 4.97. The summed E-state index contributed by atoms with van der Waals surface area (Å²) in [5, 5.41) is 10.7. The molecule has 5 nitrogen and oxygen atoms in total. The number of thioether (sulfide) groups is 1. The van der Waals surface area contributed by atoms with Gasteiger partial charge in [-0.1, -0.05) is 66.7 Å². The van der Waals surface area contributed by atoms with Crippen molar-refractivity contribution in [3.05, 3.63) is 59.2 Å². The van der Waals surface area contributed by atoms with E-state index in [1.807, 2.05) is 56.3 Å². The summed E-state index contributed by atoms with van der Waals surface area (Å²) in [4.78, 5) is 16.8. The maximum atomic E-state index is 12.3. The lowest BCUT2D eigenvalue weighted by atomic mass is 10.1. The SMILES string of the molecule is CCc1cccc(C)c1NC(=O)CSc1n[nH]c(-c2ccc(C)cc2)n1. The monoisotopic (exact) mass is 366 g/mol. The number of nitrogens with zero attached hydrogens (tertiary/aromatic N) is 2. The Balaban J connectivity index is 1.61. The van der Waals surface area contributed by atoms with E-state index in [2.05, 4.69) is 27.4 Å². The third-order valence-electron chi connectivity index (χ3n) is 4.13. The molecule has 6 heteroatoms. The van der Waals surface area contributed by atoms with Crippen molar-refractivity contribution in [1.29, 1.82) is 0 Å². The number of amides is 1. The number of H-pyrrole nitrogens is 1. The van der Waals surface area contributed by atoms with E-state index >= 15 is 0 Å². The molecule has 0 saturated heterocycles. The summed E-state index contributed by atoms with van der Waals surface area (Å²) in [6.07, 6.45) is 0.880. The average molecular weight is 366 g/mol. The normalized spacial score (nSPS) is 10.7. The minimum Gasteiger partial charge on any atom is -0.325 e. The second-order valence-electron chi connectivity index (χ2n) is 6.13. The van der Waals surface area contributed by atoms with E-state index in [1.165, 1.54) is 17.3 Å². The predicted octanol–water partition coefficient (Wildman–Crippen LogP) is 4.38. The number of aromatic amines is 1. The van der Waals surface area contributed by atoms with Gasteiger partial charge >= 0.3 is 0 Å². The molecule has 0 aliphatic heterocycles. The molecule has 2 N–H and O–H groups in total. The van der Waals surface area contributed by atoms with Gasteiger partial charge in [-0.15, -0.1) is 5.10 Å². The van der Waals surface area contributed by atoms with Crippen molar-refractivity contribution in [1.82, 2.24) is 15.2 Å².